The number of ether oxygens (including phenoxy) is 1. The average Bonchev–Trinajstić information content (AvgIpc) is 2.18. The van der Waals surface area contributed by atoms with Gasteiger partial charge in [-0.3, -0.25) is 5.41 Å². The summed E-state index contributed by atoms with van der Waals surface area (Å²) in [5.74, 6) is -2.73. The van der Waals surface area contributed by atoms with Crippen LogP contribution in [0.1, 0.15) is 0 Å². The van der Waals surface area contributed by atoms with Gasteiger partial charge in [0, 0.05) is 4.47 Å². The molecule has 1 rings (SSSR count). The van der Waals surface area contributed by atoms with E-state index < -0.39 is 24.5 Å². The van der Waals surface area contributed by atoms with Crippen molar-refractivity contribution >= 4 is 21.8 Å². The number of amidine groups is 1. The predicted octanol–water partition coefficient (Wildman–Crippen LogP) is 2.94. The molecular weight excluding hydrogens is 301 g/mol. The minimum Gasteiger partial charge on any atom is -0.492 e. The normalized spacial score (nSPS) is 13.2. The van der Waals surface area contributed by atoms with Crippen LogP contribution in [0, 0.1) is 11.3 Å². The third-order valence-electron chi connectivity index (χ3n) is 2.00. The topological polar surface area (TPSA) is 59.1 Å². The van der Waals surface area contributed by atoms with Gasteiger partial charge in [0.15, 0.2) is 0 Å². The van der Waals surface area contributed by atoms with Gasteiger partial charge in [-0.05, 0) is 24.3 Å². The van der Waals surface area contributed by atoms with Crippen LogP contribution in [-0.4, -0.2) is 18.6 Å². The summed E-state index contributed by atoms with van der Waals surface area (Å²) in [4.78, 5) is 0. The Kier molecular flexibility index (Phi) is 4.39. The van der Waals surface area contributed by atoms with E-state index in [1.807, 2.05) is 0 Å². The summed E-state index contributed by atoms with van der Waals surface area (Å²) in [7, 11) is 0. The van der Waals surface area contributed by atoms with E-state index in [0.29, 0.717) is 5.75 Å². The van der Waals surface area contributed by atoms with E-state index in [9.17, 15) is 13.2 Å². The summed E-state index contributed by atoms with van der Waals surface area (Å²) in [6.45, 7) is -0.694. The molecule has 0 spiro atoms. The minimum absolute atomic E-state index is 0.295. The van der Waals surface area contributed by atoms with E-state index in [0.717, 1.165) is 4.47 Å². The van der Waals surface area contributed by atoms with E-state index in [4.69, 9.17) is 15.9 Å². The molecule has 0 heterocycles. The Hall–Kier alpha value is -1.24. The fourth-order valence-electron chi connectivity index (χ4n) is 1.07. The molecule has 0 saturated carbocycles. The molecule has 3 N–H and O–H groups in total. The highest BCUT2D eigenvalue weighted by atomic mass is 79.9. The van der Waals surface area contributed by atoms with Crippen molar-refractivity contribution in [2.75, 3.05) is 6.61 Å². The highest BCUT2D eigenvalue weighted by Crippen LogP contribution is 2.27. The highest BCUT2D eigenvalue weighted by molar-refractivity contribution is 9.10. The van der Waals surface area contributed by atoms with Gasteiger partial charge in [0.05, 0.1) is 0 Å². The number of hydrogen-bond acceptors (Lipinski definition) is 2. The lowest BCUT2D eigenvalue weighted by molar-refractivity contribution is -0.162. The second kappa shape index (κ2) is 5.39. The standard InChI is InChI=1S/C10H10BrF3N2O/c11-6-1-3-7(4-2-6)17-5-8(9(15)16)10(12,13)14/h1-4,8H,5H2,(H3,15,16). The van der Waals surface area contributed by atoms with Crippen LogP contribution in [0.4, 0.5) is 13.2 Å². The van der Waals surface area contributed by atoms with Gasteiger partial charge in [0.2, 0.25) is 0 Å². The lowest BCUT2D eigenvalue weighted by Gasteiger charge is -2.19. The zero-order valence-corrected chi connectivity index (χ0v) is 10.2. The zero-order chi connectivity index (χ0) is 13.1. The summed E-state index contributed by atoms with van der Waals surface area (Å²) in [5.41, 5.74) is 4.89. The number of alkyl halides is 3. The maximum atomic E-state index is 12.4. The Morgan fingerprint density at radius 3 is 2.29 bits per heavy atom. The van der Waals surface area contributed by atoms with Crippen molar-refractivity contribution in [3.63, 3.8) is 0 Å². The zero-order valence-electron chi connectivity index (χ0n) is 8.59. The van der Waals surface area contributed by atoms with Crippen molar-refractivity contribution in [3.05, 3.63) is 28.7 Å². The largest absolute Gasteiger partial charge is 0.492 e. The van der Waals surface area contributed by atoms with Crippen molar-refractivity contribution < 1.29 is 17.9 Å². The molecule has 0 aromatic heterocycles. The van der Waals surface area contributed by atoms with Gasteiger partial charge in [0.25, 0.3) is 0 Å². The Balaban J connectivity index is 2.65. The van der Waals surface area contributed by atoms with Crippen LogP contribution in [0.15, 0.2) is 28.7 Å². The highest BCUT2D eigenvalue weighted by Gasteiger charge is 2.42. The first-order valence-corrected chi connectivity index (χ1v) is 5.39. The van der Waals surface area contributed by atoms with Crippen molar-refractivity contribution in [3.8, 4) is 5.75 Å². The molecule has 0 bridgehead atoms. The molecule has 1 unspecified atom stereocenters. The van der Waals surface area contributed by atoms with Gasteiger partial charge in [0.1, 0.15) is 24.1 Å². The summed E-state index contributed by atoms with van der Waals surface area (Å²) in [6.07, 6.45) is -4.57. The first kappa shape index (κ1) is 13.8. The molecule has 17 heavy (non-hydrogen) atoms. The number of nitrogens with one attached hydrogen (secondary N) is 1. The van der Waals surface area contributed by atoms with Crippen LogP contribution in [-0.2, 0) is 0 Å². The summed E-state index contributed by atoms with van der Waals surface area (Å²) in [5, 5.41) is 6.88. The Morgan fingerprint density at radius 1 is 1.35 bits per heavy atom. The van der Waals surface area contributed by atoms with Crippen molar-refractivity contribution in [2.24, 2.45) is 11.7 Å². The fourth-order valence-corrected chi connectivity index (χ4v) is 1.34. The van der Waals surface area contributed by atoms with Crippen LogP contribution in [0.5, 0.6) is 5.75 Å². The van der Waals surface area contributed by atoms with Gasteiger partial charge in [-0.1, -0.05) is 15.9 Å². The van der Waals surface area contributed by atoms with Crippen molar-refractivity contribution in [1.29, 1.82) is 5.41 Å². The number of hydrogen-bond donors (Lipinski definition) is 2. The van der Waals surface area contributed by atoms with Crippen LogP contribution in [0.3, 0.4) is 0 Å². The van der Waals surface area contributed by atoms with E-state index in [-0.39, 0.29) is 0 Å². The van der Waals surface area contributed by atoms with E-state index in [1.165, 1.54) is 12.1 Å². The fraction of sp³-hybridized carbons (Fsp3) is 0.300. The van der Waals surface area contributed by atoms with E-state index >= 15 is 0 Å². The van der Waals surface area contributed by atoms with Gasteiger partial charge in [-0.15, -0.1) is 0 Å². The molecular formula is C10H10BrF3N2O. The molecule has 3 nitrogen and oxygen atoms in total. The molecule has 0 aliphatic heterocycles. The number of nitrogens with two attached hydrogens (primary N) is 1. The molecule has 1 aromatic rings. The lowest BCUT2D eigenvalue weighted by Crippen LogP contribution is -2.39. The van der Waals surface area contributed by atoms with Crippen LogP contribution in [0.25, 0.3) is 0 Å². The number of benzene rings is 1. The molecule has 1 atom stereocenters. The van der Waals surface area contributed by atoms with E-state index in [1.54, 1.807) is 12.1 Å². The SMILES string of the molecule is N=C(N)C(COc1ccc(Br)cc1)C(F)(F)F. The smallest absolute Gasteiger partial charge is 0.401 e. The average molecular weight is 311 g/mol. The number of halogens is 4. The molecule has 0 aliphatic carbocycles. The first-order valence-electron chi connectivity index (χ1n) is 4.59. The number of rotatable bonds is 4. The molecule has 0 saturated heterocycles. The Labute approximate surface area is 104 Å². The van der Waals surface area contributed by atoms with Crippen molar-refractivity contribution in [2.45, 2.75) is 6.18 Å². The quantitative estimate of drug-likeness (QED) is 0.663. The maximum absolute atomic E-state index is 12.4. The van der Waals surface area contributed by atoms with Gasteiger partial charge in [-0.25, -0.2) is 0 Å². The van der Waals surface area contributed by atoms with Gasteiger partial charge >= 0.3 is 6.18 Å². The minimum atomic E-state index is -4.57. The summed E-state index contributed by atoms with van der Waals surface area (Å²) in [6, 6.07) is 6.34. The molecule has 7 heteroatoms. The second-order valence-electron chi connectivity index (χ2n) is 3.31. The Morgan fingerprint density at radius 2 is 1.88 bits per heavy atom. The van der Waals surface area contributed by atoms with Gasteiger partial charge < -0.3 is 10.5 Å². The third-order valence-corrected chi connectivity index (χ3v) is 2.53. The lowest BCUT2D eigenvalue weighted by atomic mass is 10.1. The first-order chi connectivity index (χ1) is 7.80. The van der Waals surface area contributed by atoms with Crippen LogP contribution >= 0.6 is 15.9 Å². The van der Waals surface area contributed by atoms with Gasteiger partial charge in [-0.2, -0.15) is 13.2 Å². The maximum Gasteiger partial charge on any atom is 0.401 e. The van der Waals surface area contributed by atoms with E-state index in [2.05, 4.69) is 15.9 Å². The molecule has 1 aromatic carbocycles. The molecule has 0 radical (unpaired) electrons. The monoisotopic (exact) mass is 310 g/mol. The van der Waals surface area contributed by atoms with Crippen LogP contribution in [0.2, 0.25) is 0 Å². The third kappa shape index (κ3) is 4.26. The molecule has 94 valence electrons. The molecule has 0 aliphatic rings. The molecule has 0 amide bonds. The second-order valence-corrected chi connectivity index (χ2v) is 4.23. The predicted molar refractivity (Wildman–Crippen MR) is 61.1 cm³/mol. The van der Waals surface area contributed by atoms with Crippen LogP contribution < -0.4 is 10.5 Å². The molecule has 0 fully saturated rings. The summed E-state index contributed by atoms with van der Waals surface area (Å²) >= 11 is 3.19. The Bertz CT molecular complexity index is 392. The summed E-state index contributed by atoms with van der Waals surface area (Å²) < 4.78 is 43.0. The van der Waals surface area contributed by atoms with Crippen molar-refractivity contribution in [1.82, 2.24) is 0 Å².